The van der Waals surface area contributed by atoms with E-state index in [0.29, 0.717) is 0 Å². The maximum Gasteiger partial charge on any atom is 0.433 e. The summed E-state index contributed by atoms with van der Waals surface area (Å²) in [7, 11) is 0. The second kappa shape index (κ2) is 11.3. The van der Waals surface area contributed by atoms with Crippen molar-refractivity contribution in [1.29, 1.82) is 0 Å². The topological polar surface area (TPSA) is 89.6 Å². The predicted molar refractivity (Wildman–Crippen MR) is 107 cm³/mol. The molecular weight excluding hydrogens is 458 g/mol. The fourth-order valence-corrected chi connectivity index (χ4v) is 2.31. The van der Waals surface area contributed by atoms with Crippen LogP contribution in [0.25, 0.3) is 0 Å². The molecule has 0 saturated heterocycles. The average molecular weight is 476 g/mol. The van der Waals surface area contributed by atoms with E-state index in [1.54, 1.807) is 0 Å². The Morgan fingerprint density at radius 3 is 2.34 bits per heavy atom. The molecule has 0 aliphatic heterocycles. The van der Waals surface area contributed by atoms with Crippen LogP contribution >= 0.6 is 11.6 Å². The Labute approximate surface area is 185 Å². The molecule has 32 heavy (non-hydrogen) atoms. The zero-order chi connectivity index (χ0) is 23.7. The molecule has 2 rings (SSSR count). The van der Waals surface area contributed by atoms with Gasteiger partial charge in [0.15, 0.2) is 13.2 Å². The molecule has 0 saturated carbocycles. The Morgan fingerprint density at radius 2 is 1.72 bits per heavy atom. The number of nitrogens with zero attached hydrogens (tertiary/aromatic N) is 1. The van der Waals surface area contributed by atoms with Crippen molar-refractivity contribution in [3.8, 4) is 11.5 Å². The van der Waals surface area contributed by atoms with E-state index in [-0.39, 0.29) is 41.8 Å². The fourth-order valence-electron chi connectivity index (χ4n) is 2.20. The highest BCUT2D eigenvalue weighted by Crippen LogP contribution is 2.28. The lowest BCUT2D eigenvalue weighted by Crippen LogP contribution is -2.32. The van der Waals surface area contributed by atoms with Gasteiger partial charge in [0, 0.05) is 24.7 Å². The van der Waals surface area contributed by atoms with Gasteiger partial charge in [0.25, 0.3) is 11.8 Å². The average Bonchev–Trinajstić information content (AvgIpc) is 2.72. The molecule has 172 valence electrons. The minimum Gasteiger partial charge on any atom is -0.484 e. The Balaban J connectivity index is 1.63. The standard InChI is InChI=1S/C20H18ClF4N3O4/c1-12(6-7-26-18(29)10-31-13-2-4-15(21)16(22)8-13)28-19(30)11-32-14-3-5-17(27-9-14)20(23,24)25/h2-5,8-9H,1,6-7,10-11H2,(H,26,29)(H,28,30). The Hall–Kier alpha value is -3.34. The molecule has 0 aliphatic rings. The number of nitrogens with one attached hydrogen (secondary N) is 2. The first kappa shape index (κ1) is 24.9. The second-order valence-corrected chi connectivity index (χ2v) is 6.69. The molecule has 0 spiro atoms. The van der Waals surface area contributed by atoms with Gasteiger partial charge in [-0.15, -0.1) is 0 Å². The van der Waals surface area contributed by atoms with E-state index >= 15 is 0 Å². The van der Waals surface area contributed by atoms with Gasteiger partial charge < -0.3 is 20.1 Å². The van der Waals surface area contributed by atoms with E-state index in [1.165, 1.54) is 12.1 Å². The summed E-state index contributed by atoms with van der Waals surface area (Å²) in [6.45, 7) is 2.95. The van der Waals surface area contributed by atoms with Crippen LogP contribution in [-0.2, 0) is 15.8 Å². The first-order valence-corrected chi connectivity index (χ1v) is 9.40. The van der Waals surface area contributed by atoms with Crippen molar-refractivity contribution < 1.29 is 36.6 Å². The van der Waals surface area contributed by atoms with Gasteiger partial charge >= 0.3 is 6.18 Å². The van der Waals surface area contributed by atoms with Crippen LogP contribution in [-0.4, -0.2) is 36.6 Å². The molecule has 2 amide bonds. The third-order valence-electron chi connectivity index (χ3n) is 3.72. The normalized spacial score (nSPS) is 10.9. The van der Waals surface area contributed by atoms with Crippen molar-refractivity contribution in [3.05, 3.63) is 65.3 Å². The Kier molecular flexibility index (Phi) is 8.82. The number of hydrogen-bond acceptors (Lipinski definition) is 5. The van der Waals surface area contributed by atoms with Crippen LogP contribution in [0.4, 0.5) is 17.6 Å². The third-order valence-corrected chi connectivity index (χ3v) is 4.03. The van der Waals surface area contributed by atoms with Crippen LogP contribution in [0.15, 0.2) is 48.8 Å². The van der Waals surface area contributed by atoms with Crippen molar-refractivity contribution >= 4 is 23.4 Å². The van der Waals surface area contributed by atoms with Gasteiger partial charge in [0.05, 0.1) is 11.2 Å². The van der Waals surface area contributed by atoms with E-state index in [0.717, 1.165) is 24.4 Å². The molecule has 0 bridgehead atoms. The summed E-state index contributed by atoms with van der Waals surface area (Å²) in [5.74, 6) is -1.60. The fraction of sp³-hybridized carbons (Fsp3) is 0.250. The number of amides is 2. The third kappa shape index (κ3) is 8.42. The molecule has 1 heterocycles. The van der Waals surface area contributed by atoms with Gasteiger partial charge in [-0.1, -0.05) is 18.2 Å². The first-order chi connectivity index (χ1) is 15.0. The van der Waals surface area contributed by atoms with Crippen LogP contribution in [0.3, 0.4) is 0 Å². The number of carbonyl (C=O) groups excluding carboxylic acids is 2. The lowest BCUT2D eigenvalue weighted by molar-refractivity contribution is -0.141. The number of aromatic nitrogens is 1. The largest absolute Gasteiger partial charge is 0.484 e. The van der Waals surface area contributed by atoms with Crippen LogP contribution in [0, 0.1) is 5.82 Å². The summed E-state index contributed by atoms with van der Waals surface area (Å²) in [6, 6.07) is 5.55. The zero-order valence-electron chi connectivity index (χ0n) is 16.5. The summed E-state index contributed by atoms with van der Waals surface area (Å²) >= 11 is 5.55. The molecule has 2 aromatic rings. The van der Waals surface area contributed by atoms with Crippen LogP contribution in [0.1, 0.15) is 12.1 Å². The summed E-state index contributed by atoms with van der Waals surface area (Å²) in [4.78, 5) is 26.8. The van der Waals surface area contributed by atoms with E-state index in [9.17, 15) is 27.2 Å². The highest BCUT2D eigenvalue weighted by atomic mass is 35.5. The minimum absolute atomic E-state index is 0.00778. The molecule has 1 aromatic heterocycles. The van der Waals surface area contributed by atoms with Crippen molar-refractivity contribution in [2.75, 3.05) is 19.8 Å². The van der Waals surface area contributed by atoms with Crippen LogP contribution < -0.4 is 20.1 Å². The molecule has 12 heteroatoms. The molecule has 7 nitrogen and oxygen atoms in total. The maximum absolute atomic E-state index is 13.3. The Morgan fingerprint density at radius 1 is 1.06 bits per heavy atom. The van der Waals surface area contributed by atoms with Gasteiger partial charge in [-0.2, -0.15) is 13.2 Å². The SMILES string of the molecule is C=C(CCNC(=O)COc1ccc(Cl)c(F)c1)NC(=O)COc1ccc(C(F)(F)F)nc1. The smallest absolute Gasteiger partial charge is 0.433 e. The number of alkyl halides is 3. The molecule has 0 atom stereocenters. The number of benzene rings is 1. The number of hydrogen-bond donors (Lipinski definition) is 2. The lowest BCUT2D eigenvalue weighted by atomic mass is 10.3. The molecule has 0 radical (unpaired) electrons. The predicted octanol–water partition coefficient (Wildman–Crippen LogP) is 3.49. The summed E-state index contributed by atoms with van der Waals surface area (Å²) in [5, 5.41) is 4.90. The number of rotatable bonds is 10. The molecule has 2 N–H and O–H groups in total. The maximum atomic E-state index is 13.3. The van der Waals surface area contributed by atoms with Gasteiger partial charge in [-0.25, -0.2) is 9.37 Å². The van der Waals surface area contributed by atoms with Crippen LogP contribution in [0.2, 0.25) is 5.02 Å². The number of carbonyl (C=O) groups is 2. The summed E-state index contributed by atoms with van der Waals surface area (Å²) in [6.07, 6.45) is -3.50. The van der Waals surface area contributed by atoms with Gasteiger partial charge in [-0.05, 0) is 24.3 Å². The summed E-state index contributed by atoms with van der Waals surface area (Å²) < 4.78 is 60.9. The monoisotopic (exact) mass is 475 g/mol. The quantitative estimate of drug-likeness (QED) is 0.513. The van der Waals surface area contributed by atoms with E-state index in [1.807, 2.05) is 0 Å². The van der Waals surface area contributed by atoms with Crippen molar-refractivity contribution in [3.63, 3.8) is 0 Å². The van der Waals surface area contributed by atoms with Gasteiger partial charge in [-0.3, -0.25) is 9.59 Å². The molecule has 0 unspecified atom stereocenters. The van der Waals surface area contributed by atoms with E-state index in [4.69, 9.17) is 21.1 Å². The Bertz CT molecular complexity index is 968. The van der Waals surface area contributed by atoms with Crippen molar-refractivity contribution in [1.82, 2.24) is 15.6 Å². The van der Waals surface area contributed by atoms with Crippen LogP contribution in [0.5, 0.6) is 11.5 Å². The summed E-state index contributed by atoms with van der Waals surface area (Å²) in [5.41, 5.74) is -0.791. The first-order valence-electron chi connectivity index (χ1n) is 9.03. The molecular formula is C20H18ClF4N3O4. The zero-order valence-corrected chi connectivity index (χ0v) is 17.2. The van der Waals surface area contributed by atoms with E-state index in [2.05, 4.69) is 22.2 Å². The van der Waals surface area contributed by atoms with Crippen molar-refractivity contribution in [2.24, 2.45) is 0 Å². The van der Waals surface area contributed by atoms with E-state index < -0.39 is 36.1 Å². The highest BCUT2D eigenvalue weighted by molar-refractivity contribution is 6.30. The molecule has 0 fully saturated rings. The number of pyridine rings is 1. The lowest BCUT2D eigenvalue weighted by Gasteiger charge is -2.11. The van der Waals surface area contributed by atoms with Crippen molar-refractivity contribution in [2.45, 2.75) is 12.6 Å². The number of halogens is 5. The number of ether oxygens (including phenoxy) is 2. The molecule has 1 aromatic carbocycles. The minimum atomic E-state index is -4.57. The van der Waals surface area contributed by atoms with Gasteiger partial charge in [0.1, 0.15) is 23.0 Å². The van der Waals surface area contributed by atoms with Gasteiger partial charge in [0.2, 0.25) is 0 Å². The highest BCUT2D eigenvalue weighted by Gasteiger charge is 2.32. The molecule has 0 aliphatic carbocycles. The second-order valence-electron chi connectivity index (χ2n) is 6.28.